The van der Waals surface area contributed by atoms with Crippen LogP contribution < -0.4 is 5.32 Å². The highest BCUT2D eigenvalue weighted by Crippen LogP contribution is 2.29. The van der Waals surface area contributed by atoms with Gasteiger partial charge in [0.1, 0.15) is 5.25 Å². The minimum Gasteiger partial charge on any atom is -0.478 e. The molecule has 3 rings (SSSR count). The fourth-order valence-corrected chi connectivity index (χ4v) is 3.72. The molecule has 0 aliphatic carbocycles. The first-order valence-corrected chi connectivity index (χ1v) is 9.51. The zero-order valence-corrected chi connectivity index (χ0v) is 16.3. The molecule has 1 aliphatic rings. The molecule has 1 fully saturated rings. The molecule has 144 valence electrons. The second kappa shape index (κ2) is 8.45. The molecule has 7 nitrogen and oxygen atoms in total. The number of halogens is 1. The number of amides is 2. The van der Waals surface area contributed by atoms with E-state index in [1.54, 1.807) is 31.3 Å². The Hall–Kier alpha value is -2.84. The van der Waals surface area contributed by atoms with Gasteiger partial charge >= 0.3 is 5.97 Å². The largest absolute Gasteiger partial charge is 0.478 e. The Bertz CT molecular complexity index is 962. The van der Waals surface area contributed by atoms with Crippen LogP contribution in [-0.4, -0.2) is 45.3 Å². The standard InChI is InChI=1S/C19H16ClN3O4S/c1-23-16(24)10-15(28-19(23)22-14-4-2-3-12(20)9-14)17(25)21-13-7-5-11(6-8-13)18(26)27/h2-9,15H,10H2,1H3,(H,21,25)(H,26,27)/t15-/m1/s1. The number of rotatable bonds is 4. The highest BCUT2D eigenvalue weighted by Gasteiger charge is 2.34. The summed E-state index contributed by atoms with van der Waals surface area (Å²) < 4.78 is 0. The topological polar surface area (TPSA) is 99.1 Å². The third kappa shape index (κ3) is 4.71. The van der Waals surface area contributed by atoms with Gasteiger partial charge in [0.2, 0.25) is 11.8 Å². The molecule has 2 amide bonds. The van der Waals surface area contributed by atoms with Gasteiger partial charge in [-0.15, -0.1) is 0 Å². The summed E-state index contributed by atoms with van der Waals surface area (Å²) in [5.41, 5.74) is 1.16. The highest BCUT2D eigenvalue weighted by atomic mass is 35.5. The van der Waals surface area contributed by atoms with Gasteiger partial charge < -0.3 is 10.4 Å². The molecular weight excluding hydrogens is 402 g/mol. The molecule has 1 atom stereocenters. The minimum atomic E-state index is -1.05. The average molecular weight is 418 g/mol. The number of aromatic carboxylic acids is 1. The number of aliphatic imine (C=N–C) groups is 1. The first-order valence-electron chi connectivity index (χ1n) is 8.25. The smallest absolute Gasteiger partial charge is 0.335 e. The number of carboxylic acid groups (broad SMARTS) is 1. The number of benzene rings is 2. The number of anilines is 1. The summed E-state index contributed by atoms with van der Waals surface area (Å²) in [5.74, 6) is -1.62. The van der Waals surface area contributed by atoms with Crippen LogP contribution in [0, 0.1) is 0 Å². The van der Waals surface area contributed by atoms with Gasteiger partial charge in [0.25, 0.3) is 0 Å². The molecule has 2 aromatic carbocycles. The van der Waals surface area contributed by atoms with Crippen molar-refractivity contribution in [3.8, 4) is 0 Å². The third-order valence-corrected chi connectivity index (χ3v) is 5.47. The quantitative estimate of drug-likeness (QED) is 0.791. The summed E-state index contributed by atoms with van der Waals surface area (Å²) in [6, 6.07) is 12.7. The number of nitrogens with zero attached hydrogens (tertiary/aromatic N) is 2. The van der Waals surface area contributed by atoms with Crippen LogP contribution in [0.1, 0.15) is 16.8 Å². The van der Waals surface area contributed by atoms with E-state index in [1.165, 1.54) is 40.9 Å². The van der Waals surface area contributed by atoms with E-state index in [1.807, 2.05) is 0 Å². The Kier molecular flexibility index (Phi) is 6.01. The summed E-state index contributed by atoms with van der Waals surface area (Å²) in [4.78, 5) is 41.7. The Morgan fingerprint density at radius 1 is 1.25 bits per heavy atom. The molecule has 2 aromatic rings. The highest BCUT2D eigenvalue weighted by molar-refractivity contribution is 8.15. The first kappa shape index (κ1) is 19.9. The maximum atomic E-state index is 12.6. The molecule has 0 spiro atoms. The van der Waals surface area contributed by atoms with E-state index in [-0.39, 0.29) is 23.8 Å². The van der Waals surface area contributed by atoms with E-state index in [0.717, 1.165) is 0 Å². The SMILES string of the molecule is CN1C(=O)C[C@H](C(=O)Nc2ccc(C(=O)O)cc2)SC1=Nc1cccc(Cl)c1. The molecule has 9 heteroatoms. The van der Waals surface area contributed by atoms with Crippen molar-refractivity contribution >= 4 is 57.7 Å². The molecule has 0 aromatic heterocycles. The molecule has 2 N–H and O–H groups in total. The average Bonchev–Trinajstić information content (AvgIpc) is 2.65. The Morgan fingerprint density at radius 3 is 2.61 bits per heavy atom. The normalized spacial score (nSPS) is 18.2. The fraction of sp³-hybridized carbons (Fsp3) is 0.158. The molecule has 1 saturated heterocycles. The summed E-state index contributed by atoms with van der Waals surface area (Å²) in [6.07, 6.45) is 0.0365. The summed E-state index contributed by atoms with van der Waals surface area (Å²) in [7, 11) is 1.61. The van der Waals surface area contributed by atoms with Crippen LogP contribution in [0.25, 0.3) is 0 Å². The van der Waals surface area contributed by atoms with Crippen molar-refractivity contribution in [1.29, 1.82) is 0 Å². The van der Waals surface area contributed by atoms with Gasteiger partial charge in [-0.3, -0.25) is 14.5 Å². The molecular formula is C19H16ClN3O4S. The van der Waals surface area contributed by atoms with Crippen LogP contribution in [0.4, 0.5) is 11.4 Å². The van der Waals surface area contributed by atoms with Crippen LogP contribution in [0.5, 0.6) is 0 Å². The van der Waals surface area contributed by atoms with Crippen LogP contribution in [0.3, 0.4) is 0 Å². The fourth-order valence-electron chi connectivity index (χ4n) is 2.47. The number of nitrogens with one attached hydrogen (secondary N) is 1. The van der Waals surface area contributed by atoms with E-state index < -0.39 is 11.2 Å². The second-order valence-corrected chi connectivity index (χ2v) is 7.62. The summed E-state index contributed by atoms with van der Waals surface area (Å²) in [6.45, 7) is 0. The zero-order chi connectivity index (χ0) is 20.3. The first-order chi connectivity index (χ1) is 13.3. The molecule has 0 saturated carbocycles. The third-order valence-electron chi connectivity index (χ3n) is 3.99. The number of carbonyl (C=O) groups is 3. The number of carbonyl (C=O) groups excluding carboxylic acids is 2. The Morgan fingerprint density at radius 2 is 1.96 bits per heavy atom. The van der Waals surface area contributed by atoms with Gasteiger partial charge in [-0.1, -0.05) is 29.4 Å². The van der Waals surface area contributed by atoms with Gasteiger partial charge in [0.05, 0.1) is 11.3 Å². The zero-order valence-electron chi connectivity index (χ0n) is 14.8. The predicted octanol–water partition coefficient (Wildman–Crippen LogP) is 3.63. The minimum absolute atomic E-state index is 0.0365. The van der Waals surface area contributed by atoms with Crippen molar-refractivity contribution in [3.63, 3.8) is 0 Å². The van der Waals surface area contributed by atoms with Gasteiger partial charge in [-0.05, 0) is 42.5 Å². The maximum absolute atomic E-state index is 12.6. The number of carboxylic acids is 1. The van der Waals surface area contributed by atoms with Crippen LogP contribution in [0.2, 0.25) is 5.02 Å². The van der Waals surface area contributed by atoms with E-state index in [0.29, 0.717) is 21.6 Å². The lowest BCUT2D eigenvalue weighted by molar-refractivity contribution is -0.128. The molecule has 28 heavy (non-hydrogen) atoms. The van der Waals surface area contributed by atoms with Crippen LogP contribution in [-0.2, 0) is 9.59 Å². The van der Waals surface area contributed by atoms with Crippen LogP contribution in [0.15, 0.2) is 53.5 Å². The van der Waals surface area contributed by atoms with Gasteiger partial charge in [-0.25, -0.2) is 9.79 Å². The monoisotopic (exact) mass is 417 g/mol. The molecule has 0 bridgehead atoms. The van der Waals surface area contributed by atoms with Gasteiger partial charge in [0.15, 0.2) is 5.17 Å². The van der Waals surface area contributed by atoms with Crippen molar-refractivity contribution in [3.05, 3.63) is 59.1 Å². The molecule has 1 heterocycles. The Labute approximate surface area is 170 Å². The van der Waals surface area contributed by atoms with Crippen molar-refractivity contribution in [2.24, 2.45) is 4.99 Å². The number of hydrogen-bond acceptors (Lipinski definition) is 5. The van der Waals surface area contributed by atoms with Crippen LogP contribution >= 0.6 is 23.4 Å². The molecule has 1 aliphatic heterocycles. The summed E-state index contributed by atoms with van der Waals surface area (Å²) in [5, 5.41) is 11.9. The number of amidine groups is 1. The van der Waals surface area contributed by atoms with Crippen molar-refractivity contribution in [2.75, 3.05) is 12.4 Å². The van der Waals surface area contributed by atoms with Crippen molar-refractivity contribution in [2.45, 2.75) is 11.7 Å². The van der Waals surface area contributed by atoms with Crippen molar-refractivity contribution in [1.82, 2.24) is 4.90 Å². The lowest BCUT2D eigenvalue weighted by Crippen LogP contribution is -2.43. The van der Waals surface area contributed by atoms with Gasteiger partial charge in [-0.2, -0.15) is 0 Å². The number of thioether (sulfide) groups is 1. The van der Waals surface area contributed by atoms with E-state index in [9.17, 15) is 14.4 Å². The summed E-state index contributed by atoms with van der Waals surface area (Å²) >= 11 is 7.16. The molecule has 0 unspecified atom stereocenters. The van der Waals surface area contributed by atoms with E-state index >= 15 is 0 Å². The number of hydrogen-bond donors (Lipinski definition) is 2. The maximum Gasteiger partial charge on any atom is 0.335 e. The lowest BCUT2D eigenvalue weighted by atomic mass is 10.2. The molecule has 0 radical (unpaired) electrons. The van der Waals surface area contributed by atoms with Crippen molar-refractivity contribution < 1.29 is 19.5 Å². The van der Waals surface area contributed by atoms with E-state index in [2.05, 4.69) is 10.3 Å². The van der Waals surface area contributed by atoms with E-state index in [4.69, 9.17) is 16.7 Å². The second-order valence-electron chi connectivity index (χ2n) is 6.01. The Balaban J connectivity index is 1.75. The predicted molar refractivity (Wildman–Crippen MR) is 109 cm³/mol. The lowest BCUT2D eigenvalue weighted by Gasteiger charge is -2.28. The van der Waals surface area contributed by atoms with Gasteiger partial charge in [0, 0.05) is 24.2 Å².